The molecule has 20 heavy (non-hydrogen) atoms. The normalized spacial score (nSPS) is 10.7. The first kappa shape index (κ1) is 14.3. The Morgan fingerprint density at radius 2 is 2.10 bits per heavy atom. The molecule has 0 amide bonds. The van der Waals surface area contributed by atoms with Gasteiger partial charge in [0.15, 0.2) is 0 Å². The van der Waals surface area contributed by atoms with Crippen LogP contribution in [0.1, 0.15) is 23.9 Å². The summed E-state index contributed by atoms with van der Waals surface area (Å²) in [7, 11) is 0. The Kier molecular flexibility index (Phi) is 4.90. The zero-order valence-electron chi connectivity index (χ0n) is 11.5. The van der Waals surface area contributed by atoms with Crippen LogP contribution in [0.2, 0.25) is 0 Å². The summed E-state index contributed by atoms with van der Waals surface area (Å²) in [5, 5.41) is 12.2. The number of hydrogen-bond donors (Lipinski definition) is 2. The van der Waals surface area contributed by atoms with E-state index in [1.54, 1.807) is 6.20 Å². The van der Waals surface area contributed by atoms with Crippen LogP contribution in [0.4, 0.5) is 0 Å². The second-order valence-electron chi connectivity index (χ2n) is 4.59. The second-order valence-corrected chi connectivity index (χ2v) is 4.59. The van der Waals surface area contributed by atoms with Crippen LogP contribution in [0.5, 0.6) is 0 Å². The molecule has 0 saturated carbocycles. The van der Waals surface area contributed by atoms with E-state index < -0.39 is 5.97 Å². The predicted molar refractivity (Wildman–Crippen MR) is 76.5 cm³/mol. The number of aliphatic carboxylic acids is 1. The van der Waals surface area contributed by atoms with Crippen LogP contribution in [0, 0.1) is 0 Å². The number of benzene rings is 1. The molecule has 106 valence electrons. The Morgan fingerprint density at radius 1 is 1.35 bits per heavy atom. The minimum Gasteiger partial charge on any atom is -0.481 e. The van der Waals surface area contributed by atoms with Crippen LogP contribution in [-0.2, 0) is 24.3 Å². The number of imidazole rings is 1. The number of carboxylic acid groups (broad SMARTS) is 1. The second kappa shape index (κ2) is 6.86. The summed E-state index contributed by atoms with van der Waals surface area (Å²) in [6, 6.07) is 7.64. The minimum absolute atomic E-state index is 0.0490. The van der Waals surface area contributed by atoms with E-state index in [1.165, 1.54) is 0 Å². The average Bonchev–Trinajstić information content (AvgIpc) is 2.85. The molecule has 1 aromatic carbocycles. The van der Waals surface area contributed by atoms with E-state index in [9.17, 15) is 4.79 Å². The van der Waals surface area contributed by atoms with Gasteiger partial charge in [-0.05, 0) is 17.7 Å². The van der Waals surface area contributed by atoms with Gasteiger partial charge in [0.1, 0.15) is 5.82 Å². The smallest absolute Gasteiger partial charge is 0.307 e. The van der Waals surface area contributed by atoms with Crippen molar-refractivity contribution in [2.75, 3.05) is 6.54 Å². The number of carboxylic acids is 1. The summed E-state index contributed by atoms with van der Waals surface area (Å²) in [6.07, 6.45) is 3.74. The molecule has 0 saturated heterocycles. The third-order valence-electron chi connectivity index (χ3n) is 3.14. The van der Waals surface area contributed by atoms with Crippen LogP contribution in [0.3, 0.4) is 0 Å². The van der Waals surface area contributed by atoms with Gasteiger partial charge in [-0.3, -0.25) is 4.79 Å². The molecule has 2 aromatic rings. The summed E-state index contributed by atoms with van der Waals surface area (Å²) in [4.78, 5) is 15.2. The van der Waals surface area contributed by atoms with Gasteiger partial charge in [-0.2, -0.15) is 0 Å². The van der Waals surface area contributed by atoms with Gasteiger partial charge in [-0.15, -0.1) is 0 Å². The Labute approximate surface area is 118 Å². The molecule has 0 aliphatic carbocycles. The third kappa shape index (κ3) is 3.68. The molecule has 0 unspecified atom stereocenters. The van der Waals surface area contributed by atoms with Crippen LogP contribution >= 0.6 is 0 Å². The number of nitrogens with one attached hydrogen (secondary N) is 1. The van der Waals surface area contributed by atoms with Crippen LogP contribution in [-0.4, -0.2) is 27.2 Å². The van der Waals surface area contributed by atoms with Gasteiger partial charge in [0.2, 0.25) is 0 Å². The number of nitrogens with zero attached hydrogens (tertiary/aromatic N) is 2. The van der Waals surface area contributed by atoms with Gasteiger partial charge in [0.05, 0.1) is 13.0 Å². The molecule has 0 spiro atoms. The molecule has 5 nitrogen and oxygen atoms in total. The van der Waals surface area contributed by atoms with Gasteiger partial charge in [-0.25, -0.2) is 4.98 Å². The number of hydrogen-bond acceptors (Lipinski definition) is 3. The van der Waals surface area contributed by atoms with Crippen LogP contribution in [0.15, 0.2) is 36.7 Å². The Bertz CT molecular complexity index is 578. The maximum atomic E-state index is 10.9. The average molecular weight is 273 g/mol. The highest BCUT2D eigenvalue weighted by Gasteiger charge is 2.08. The van der Waals surface area contributed by atoms with Gasteiger partial charge in [0, 0.05) is 18.9 Å². The zero-order chi connectivity index (χ0) is 14.4. The first-order valence-electron chi connectivity index (χ1n) is 6.70. The van der Waals surface area contributed by atoms with Gasteiger partial charge < -0.3 is 15.0 Å². The lowest BCUT2D eigenvalue weighted by molar-refractivity contribution is -0.136. The van der Waals surface area contributed by atoms with Crippen molar-refractivity contribution < 1.29 is 9.90 Å². The summed E-state index contributed by atoms with van der Waals surface area (Å²) in [6.45, 7) is 4.30. The molecule has 0 fully saturated rings. The third-order valence-corrected chi connectivity index (χ3v) is 3.14. The summed E-state index contributed by atoms with van der Waals surface area (Å²) < 4.78 is 2.04. The van der Waals surface area contributed by atoms with Crippen molar-refractivity contribution in [3.05, 3.63) is 53.6 Å². The van der Waals surface area contributed by atoms with Crippen molar-refractivity contribution in [3.63, 3.8) is 0 Å². The van der Waals surface area contributed by atoms with Crippen LogP contribution < -0.4 is 5.32 Å². The fraction of sp³-hybridized carbons (Fsp3) is 0.333. The maximum Gasteiger partial charge on any atom is 0.307 e. The van der Waals surface area contributed by atoms with E-state index >= 15 is 0 Å². The lowest BCUT2D eigenvalue weighted by atomic mass is 10.0. The first-order chi connectivity index (χ1) is 9.70. The standard InChI is InChI=1S/C15H19N3O2/c1-2-16-10-14-17-7-8-18(14)11-13-6-4-3-5-12(13)9-15(19)20/h3-8,16H,2,9-11H2,1H3,(H,19,20). The summed E-state index contributed by atoms with van der Waals surface area (Å²) >= 11 is 0. The Morgan fingerprint density at radius 3 is 2.80 bits per heavy atom. The van der Waals surface area contributed by atoms with E-state index in [1.807, 2.05) is 35.0 Å². The molecule has 0 aliphatic rings. The SMILES string of the molecule is CCNCc1nccn1Cc1ccccc1CC(=O)O. The molecule has 2 rings (SSSR count). The van der Waals surface area contributed by atoms with Crippen molar-refractivity contribution in [2.24, 2.45) is 0 Å². The summed E-state index contributed by atoms with van der Waals surface area (Å²) in [5.41, 5.74) is 1.87. The molecule has 0 atom stereocenters. The van der Waals surface area contributed by atoms with Crippen molar-refractivity contribution >= 4 is 5.97 Å². The topological polar surface area (TPSA) is 67.2 Å². The van der Waals surface area contributed by atoms with Crippen molar-refractivity contribution in [1.29, 1.82) is 0 Å². The highest BCUT2D eigenvalue weighted by Crippen LogP contribution is 2.13. The maximum absolute atomic E-state index is 10.9. The predicted octanol–water partition coefficient (Wildman–Crippen LogP) is 1.67. The van der Waals surface area contributed by atoms with E-state index in [0.717, 1.165) is 23.5 Å². The highest BCUT2D eigenvalue weighted by molar-refractivity contribution is 5.70. The zero-order valence-corrected chi connectivity index (χ0v) is 11.5. The number of rotatable bonds is 7. The number of carbonyl (C=O) groups is 1. The molecule has 0 bridgehead atoms. The van der Waals surface area contributed by atoms with Crippen molar-refractivity contribution in [1.82, 2.24) is 14.9 Å². The lowest BCUT2D eigenvalue weighted by Crippen LogP contribution is -2.17. The monoisotopic (exact) mass is 273 g/mol. The fourth-order valence-electron chi connectivity index (χ4n) is 2.12. The molecule has 1 heterocycles. The lowest BCUT2D eigenvalue weighted by Gasteiger charge is -2.11. The largest absolute Gasteiger partial charge is 0.481 e. The van der Waals surface area contributed by atoms with Gasteiger partial charge in [0.25, 0.3) is 0 Å². The molecule has 0 radical (unpaired) electrons. The van der Waals surface area contributed by atoms with E-state index in [0.29, 0.717) is 13.1 Å². The van der Waals surface area contributed by atoms with E-state index in [4.69, 9.17) is 5.11 Å². The molecular weight excluding hydrogens is 254 g/mol. The van der Waals surface area contributed by atoms with Gasteiger partial charge >= 0.3 is 5.97 Å². The molecular formula is C15H19N3O2. The van der Waals surface area contributed by atoms with Gasteiger partial charge in [-0.1, -0.05) is 31.2 Å². The van der Waals surface area contributed by atoms with Crippen molar-refractivity contribution in [2.45, 2.75) is 26.4 Å². The Hall–Kier alpha value is -2.14. The molecule has 2 N–H and O–H groups in total. The summed E-state index contributed by atoms with van der Waals surface area (Å²) in [5.74, 6) is 0.146. The van der Waals surface area contributed by atoms with E-state index in [-0.39, 0.29) is 6.42 Å². The fourth-order valence-corrected chi connectivity index (χ4v) is 2.12. The molecule has 1 aromatic heterocycles. The van der Waals surface area contributed by atoms with Crippen molar-refractivity contribution in [3.8, 4) is 0 Å². The Balaban J connectivity index is 2.17. The molecule has 0 aliphatic heterocycles. The molecule has 5 heteroatoms. The highest BCUT2D eigenvalue weighted by atomic mass is 16.4. The van der Waals surface area contributed by atoms with Crippen LogP contribution in [0.25, 0.3) is 0 Å². The first-order valence-corrected chi connectivity index (χ1v) is 6.70. The number of aromatic nitrogens is 2. The minimum atomic E-state index is -0.809. The quantitative estimate of drug-likeness (QED) is 0.805. The van der Waals surface area contributed by atoms with E-state index in [2.05, 4.69) is 17.2 Å².